The van der Waals surface area contributed by atoms with Crippen molar-refractivity contribution in [2.45, 2.75) is 18.9 Å². The lowest BCUT2D eigenvalue weighted by molar-refractivity contribution is -0.116. The molecule has 2 aromatic heterocycles. The van der Waals surface area contributed by atoms with Crippen LogP contribution in [0, 0.1) is 12.1 Å². The van der Waals surface area contributed by atoms with Gasteiger partial charge in [-0.1, -0.05) is 12.1 Å². The molecule has 0 saturated heterocycles. The highest BCUT2D eigenvalue weighted by Crippen LogP contribution is 2.40. The molecule has 4 heterocycles. The van der Waals surface area contributed by atoms with Gasteiger partial charge in [-0.25, -0.2) is 9.97 Å². The average Bonchev–Trinajstić information content (AvgIpc) is 3.35. The lowest BCUT2D eigenvalue weighted by atomic mass is 10.1. The van der Waals surface area contributed by atoms with Crippen molar-refractivity contribution in [2.75, 3.05) is 11.9 Å². The maximum Gasteiger partial charge on any atom is 0.225 e. The first-order valence-corrected chi connectivity index (χ1v) is 10.5. The van der Waals surface area contributed by atoms with Gasteiger partial charge in [0.05, 0.1) is 11.9 Å². The summed E-state index contributed by atoms with van der Waals surface area (Å²) in [6.45, 7) is 0.340. The fourth-order valence-corrected chi connectivity index (χ4v) is 3.89. The summed E-state index contributed by atoms with van der Waals surface area (Å²) in [4.78, 5) is 23.7. The number of nitrogens with zero attached hydrogens (tertiary/aromatic N) is 2. The van der Waals surface area contributed by atoms with E-state index in [4.69, 9.17) is 14.2 Å². The van der Waals surface area contributed by atoms with Crippen LogP contribution in [0.15, 0.2) is 54.9 Å². The van der Waals surface area contributed by atoms with Gasteiger partial charge in [-0.3, -0.25) is 4.79 Å². The lowest BCUT2D eigenvalue weighted by Gasteiger charge is -2.26. The molecule has 0 radical (unpaired) electrons. The van der Waals surface area contributed by atoms with Gasteiger partial charge in [0.15, 0.2) is 23.4 Å². The van der Waals surface area contributed by atoms with E-state index in [1.54, 1.807) is 24.5 Å². The summed E-state index contributed by atoms with van der Waals surface area (Å²) in [6, 6.07) is 18.6. The first kappa shape index (κ1) is 19.2. The van der Waals surface area contributed by atoms with Crippen molar-refractivity contribution >= 4 is 11.7 Å². The van der Waals surface area contributed by atoms with Crippen molar-refractivity contribution in [2.24, 2.45) is 0 Å². The molecule has 6 rings (SSSR count). The summed E-state index contributed by atoms with van der Waals surface area (Å²) >= 11 is 0. The Bertz CT molecular complexity index is 1340. The summed E-state index contributed by atoms with van der Waals surface area (Å²) in [7, 11) is 0. The van der Waals surface area contributed by atoms with Crippen LogP contribution < -0.4 is 19.5 Å². The van der Waals surface area contributed by atoms with Crippen molar-refractivity contribution in [1.82, 2.24) is 15.0 Å². The number of benzene rings is 1. The average molecular weight is 438 g/mol. The molecule has 0 saturated carbocycles. The number of ether oxygens (including phenoxy) is 3. The quantitative estimate of drug-likeness (QED) is 0.494. The number of anilines is 1. The number of aromatic nitrogens is 3. The molecule has 1 unspecified atom stereocenters. The Labute approximate surface area is 189 Å². The fraction of sp³-hybridized carbons (Fsp3) is 0.160. The highest BCUT2D eigenvalue weighted by Gasteiger charge is 2.26. The maximum atomic E-state index is 11.7. The van der Waals surface area contributed by atoms with E-state index >= 15 is 0 Å². The van der Waals surface area contributed by atoms with Gasteiger partial charge in [0.2, 0.25) is 5.91 Å². The lowest BCUT2D eigenvalue weighted by Crippen LogP contribution is -2.22. The SMILES string of the molecule is O=C1CCc2c(Oc3ccc4c(c3)OC(c3ncc(-c5cc#ccc5)[nH]3)CO4)ccnc2N1. The normalized spacial score (nSPS) is 16.4. The van der Waals surface area contributed by atoms with Crippen LogP contribution in [-0.2, 0) is 11.2 Å². The molecule has 0 bridgehead atoms. The number of H-pyrrole nitrogens is 1. The van der Waals surface area contributed by atoms with Crippen LogP contribution in [0.2, 0.25) is 0 Å². The van der Waals surface area contributed by atoms with E-state index in [0.29, 0.717) is 54.1 Å². The zero-order valence-corrected chi connectivity index (χ0v) is 17.4. The topological polar surface area (TPSA) is 98.4 Å². The number of nitrogens with one attached hydrogen (secondary N) is 2. The predicted octanol–water partition coefficient (Wildman–Crippen LogP) is 4.26. The molecule has 0 spiro atoms. The molecule has 0 fully saturated rings. The molecule has 4 aromatic rings. The summed E-state index contributed by atoms with van der Waals surface area (Å²) < 4.78 is 18.2. The second-order valence-corrected chi connectivity index (χ2v) is 7.72. The Balaban J connectivity index is 1.23. The zero-order chi connectivity index (χ0) is 22.2. The molecule has 1 atom stereocenters. The molecule has 2 aromatic carbocycles. The highest BCUT2D eigenvalue weighted by molar-refractivity contribution is 5.93. The molecule has 1 amide bonds. The van der Waals surface area contributed by atoms with Crippen LogP contribution in [0.1, 0.15) is 23.9 Å². The second-order valence-electron chi connectivity index (χ2n) is 7.72. The summed E-state index contributed by atoms with van der Waals surface area (Å²) in [6.07, 6.45) is 3.98. The van der Waals surface area contributed by atoms with Gasteiger partial charge in [-0.15, -0.1) is 0 Å². The van der Waals surface area contributed by atoms with Crippen molar-refractivity contribution in [1.29, 1.82) is 0 Å². The minimum Gasteiger partial charge on any atom is -0.485 e. The van der Waals surface area contributed by atoms with Gasteiger partial charge in [-0.05, 0) is 42.8 Å². The van der Waals surface area contributed by atoms with Gasteiger partial charge in [0.1, 0.15) is 23.9 Å². The summed E-state index contributed by atoms with van der Waals surface area (Å²) in [5.74, 6) is 3.64. The third kappa shape index (κ3) is 3.70. The molecular weight excluding hydrogens is 420 g/mol. The van der Waals surface area contributed by atoms with Crippen LogP contribution in [0.4, 0.5) is 5.82 Å². The minimum absolute atomic E-state index is 0.0395. The van der Waals surface area contributed by atoms with E-state index in [-0.39, 0.29) is 12.0 Å². The third-order valence-electron chi connectivity index (χ3n) is 5.54. The largest absolute Gasteiger partial charge is 0.485 e. The van der Waals surface area contributed by atoms with Crippen LogP contribution in [0.5, 0.6) is 23.0 Å². The number of pyridine rings is 1. The summed E-state index contributed by atoms with van der Waals surface area (Å²) in [5, 5.41) is 2.78. The van der Waals surface area contributed by atoms with E-state index in [2.05, 4.69) is 32.4 Å². The van der Waals surface area contributed by atoms with Crippen molar-refractivity contribution in [3.63, 3.8) is 0 Å². The van der Waals surface area contributed by atoms with E-state index < -0.39 is 0 Å². The molecule has 0 aliphatic carbocycles. The Morgan fingerprint density at radius 3 is 2.97 bits per heavy atom. The van der Waals surface area contributed by atoms with Crippen molar-refractivity contribution in [3.05, 3.63) is 78.4 Å². The molecular formula is C25H18N4O4. The Hall–Kier alpha value is -4.51. The number of fused-ring (bicyclic) bond motifs is 2. The number of hydrogen-bond donors (Lipinski definition) is 2. The number of amides is 1. The molecule has 2 aliphatic heterocycles. The number of aromatic amines is 1. The van der Waals surface area contributed by atoms with Crippen molar-refractivity contribution < 1.29 is 19.0 Å². The third-order valence-corrected chi connectivity index (χ3v) is 5.54. The van der Waals surface area contributed by atoms with Crippen molar-refractivity contribution in [3.8, 4) is 34.3 Å². The second kappa shape index (κ2) is 7.88. The van der Waals surface area contributed by atoms with E-state index in [1.807, 2.05) is 30.3 Å². The molecule has 2 N–H and O–H groups in total. The molecule has 33 heavy (non-hydrogen) atoms. The highest BCUT2D eigenvalue weighted by atomic mass is 16.6. The zero-order valence-electron chi connectivity index (χ0n) is 17.4. The molecule has 8 nitrogen and oxygen atoms in total. The summed E-state index contributed by atoms with van der Waals surface area (Å²) in [5.41, 5.74) is 2.72. The minimum atomic E-state index is -0.385. The van der Waals surface area contributed by atoms with Gasteiger partial charge < -0.3 is 24.5 Å². The van der Waals surface area contributed by atoms with Gasteiger partial charge in [0, 0.05) is 29.8 Å². The predicted molar refractivity (Wildman–Crippen MR) is 118 cm³/mol. The standard InChI is InChI=1S/C25H18N4O4/c30-23-9-7-17-19(10-11-26-24(17)29-23)32-16-6-8-20-21(12-16)33-22(14-31-20)25-27-13-18(28-25)15-4-2-1-3-5-15/h2,4-6,8,10-13,22H,7,9,14H2,(H,27,28)(H,26,29,30). The van der Waals surface area contributed by atoms with E-state index in [1.165, 1.54) is 0 Å². The first-order valence-electron chi connectivity index (χ1n) is 10.5. The smallest absolute Gasteiger partial charge is 0.225 e. The number of carbonyl (C=O) groups excluding carboxylic acids is 1. The van der Waals surface area contributed by atoms with E-state index in [9.17, 15) is 4.79 Å². The fourth-order valence-electron chi connectivity index (χ4n) is 3.89. The van der Waals surface area contributed by atoms with Crippen LogP contribution in [0.3, 0.4) is 0 Å². The first-order chi connectivity index (χ1) is 16.2. The Kier molecular flexibility index (Phi) is 4.58. The van der Waals surface area contributed by atoms with Crippen LogP contribution in [0.25, 0.3) is 11.3 Å². The molecule has 2 aliphatic rings. The molecule has 162 valence electrons. The van der Waals surface area contributed by atoms with Gasteiger partial charge in [0.25, 0.3) is 0 Å². The monoisotopic (exact) mass is 438 g/mol. The van der Waals surface area contributed by atoms with E-state index in [0.717, 1.165) is 16.8 Å². The van der Waals surface area contributed by atoms with Gasteiger partial charge in [-0.2, -0.15) is 0 Å². The Morgan fingerprint density at radius 2 is 2.06 bits per heavy atom. The van der Waals surface area contributed by atoms with Crippen LogP contribution in [-0.4, -0.2) is 27.5 Å². The number of imidazole rings is 1. The van der Waals surface area contributed by atoms with Crippen LogP contribution >= 0.6 is 0 Å². The number of rotatable bonds is 4. The Morgan fingerprint density at radius 1 is 1.09 bits per heavy atom. The molecule has 8 heteroatoms. The van der Waals surface area contributed by atoms with Gasteiger partial charge >= 0.3 is 0 Å². The maximum absolute atomic E-state index is 11.7. The number of carbonyl (C=O) groups is 1. The number of hydrogen-bond acceptors (Lipinski definition) is 6.